The number of para-hydroxylation sites is 1. The third kappa shape index (κ3) is 1.93. The van der Waals surface area contributed by atoms with Gasteiger partial charge in [0.05, 0.1) is 0 Å². The predicted octanol–water partition coefficient (Wildman–Crippen LogP) is 7.17. The molecule has 0 fully saturated rings. The smallest absolute Gasteiger partial charge is 0.144 e. The molecule has 0 spiro atoms. The molecular weight excluding hydrogens is 360 g/mol. The van der Waals surface area contributed by atoms with Crippen molar-refractivity contribution in [3.63, 3.8) is 0 Å². The van der Waals surface area contributed by atoms with Crippen molar-refractivity contribution in [2.75, 3.05) is 0 Å². The molecule has 0 saturated heterocycles. The van der Waals surface area contributed by atoms with Crippen molar-refractivity contribution in [3.05, 3.63) is 83.3 Å². The fourth-order valence-electron chi connectivity index (χ4n) is 3.46. The van der Waals surface area contributed by atoms with Crippen molar-refractivity contribution in [2.24, 2.45) is 0 Å². The van der Waals surface area contributed by atoms with Gasteiger partial charge in [0.2, 0.25) is 0 Å². The van der Waals surface area contributed by atoms with Gasteiger partial charge in [0.15, 0.2) is 0 Å². The van der Waals surface area contributed by atoms with Crippen LogP contribution in [0.2, 0.25) is 0 Å². The molecule has 0 amide bonds. The highest BCUT2D eigenvalue weighted by molar-refractivity contribution is 9.10. The molecule has 0 saturated carbocycles. The van der Waals surface area contributed by atoms with E-state index in [0.29, 0.717) is 0 Å². The Hall–Kier alpha value is -2.58. The summed E-state index contributed by atoms with van der Waals surface area (Å²) in [7, 11) is 0. The summed E-state index contributed by atoms with van der Waals surface area (Å²) in [6, 6.07) is 27.3. The Morgan fingerprint density at radius 2 is 1.38 bits per heavy atom. The summed E-state index contributed by atoms with van der Waals surface area (Å²) in [5.74, 6) is 0. The predicted molar refractivity (Wildman–Crippen MR) is 104 cm³/mol. The molecule has 0 aliphatic rings. The Morgan fingerprint density at radius 3 is 2.29 bits per heavy atom. The van der Waals surface area contributed by atoms with Crippen LogP contribution in [-0.4, -0.2) is 0 Å². The molecule has 0 N–H and O–H groups in total. The zero-order valence-corrected chi connectivity index (χ0v) is 14.4. The van der Waals surface area contributed by atoms with Crippen molar-refractivity contribution in [1.82, 2.24) is 0 Å². The molecule has 1 nitrogen and oxygen atoms in total. The Kier molecular flexibility index (Phi) is 3.00. The van der Waals surface area contributed by atoms with E-state index in [2.05, 4.69) is 76.6 Å². The SMILES string of the molecule is Brc1ccc(-c2cccc3ccccc23)c2oc3ccccc3c12. The minimum absolute atomic E-state index is 0.917. The molecule has 0 aliphatic carbocycles. The minimum Gasteiger partial charge on any atom is -0.455 e. The summed E-state index contributed by atoms with van der Waals surface area (Å²) >= 11 is 3.69. The van der Waals surface area contributed by atoms with Crippen LogP contribution in [0.1, 0.15) is 0 Å². The molecule has 5 rings (SSSR count). The maximum absolute atomic E-state index is 6.24. The summed E-state index contributed by atoms with van der Waals surface area (Å²) < 4.78 is 7.30. The topological polar surface area (TPSA) is 13.1 Å². The largest absolute Gasteiger partial charge is 0.455 e. The summed E-state index contributed by atoms with van der Waals surface area (Å²) in [5.41, 5.74) is 4.17. The molecule has 0 atom stereocenters. The summed E-state index contributed by atoms with van der Waals surface area (Å²) in [6.45, 7) is 0. The standard InChI is InChI=1S/C22H13BrO/c23-19-13-12-17(16-10-5-7-14-6-1-2-8-15(14)16)22-21(19)18-9-3-4-11-20(18)24-22/h1-13H. The Bertz CT molecular complexity index is 1210. The van der Waals surface area contributed by atoms with E-state index in [0.717, 1.165) is 32.0 Å². The van der Waals surface area contributed by atoms with Crippen LogP contribution >= 0.6 is 15.9 Å². The molecule has 24 heavy (non-hydrogen) atoms. The van der Waals surface area contributed by atoms with E-state index in [1.165, 1.54) is 16.3 Å². The van der Waals surface area contributed by atoms with Gasteiger partial charge in [-0.3, -0.25) is 0 Å². The molecule has 5 aromatic rings. The molecule has 1 aromatic heterocycles. The van der Waals surface area contributed by atoms with Crippen LogP contribution in [-0.2, 0) is 0 Å². The molecule has 0 unspecified atom stereocenters. The van der Waals surface area contributed by atoms with Gasteiger partial charge >= 0.3 is 0 Å². The monoisotopic (exact) mass is 372 g/mol. The highest BCUT2D eigenvalue weighted by atomic mass is 79.9. The number of rotatable bonds is 1. The van der Waals surface area contributed by atoms with Gasteiger partial charge in [-0.2, -0.15) is 0 Å². The minimum atomic E-state index is 0.917. The first-order valence-electron chi connectivity index (χ1n) is 7.91. The van der Waals surface area contributed by atoms with E-state index in [-0.39, 0.29) is 0 Å². The molecular formula is C22H13BrO. The normalized spacial score (nSPS) is 11.5. The third-order valence-corrected chi connectivity index (χ3v) is 5.22. The third-order valence-electron chi connectivity index (χ3n) is 4.56. The first kappa shape index (κ1) is 13.8. The second-order valence-electron chi connectivity index (χ2n) is 5.92. The molecule has 0 aliphatic heterocycles. The fraction of sp³-hybridized carbons (Fsp3) is 0. The van der Waals surface area contributed by atoms with Crippen molar-refractivity contribution in [2.45, 2.75) is 0 Å². The van der Waals surface area contributed by atoms with E-state index in [4.69, 9.17) is 4.42 Å². The quantitative estimate of drug-likeness (QED) is 0.304. The average Bonchev–Trinajstić information content (AvgIpc) is 3.02. The van der Waals surface area contributed by atoms with Crippen LogP contribution in [0.4, 0.5) is 0 Å². The Morgan fingerprint density at radius 1 is 0.625 bits per heavy atom. The van der Waals surface area contributed by atoms with Crippen molar-refractivity contribution in [1.29, 1.82) is 0 Å². The van der Waals surface area contributed by atoms with E-state index in [1.54, 1.807) is 0 Å². The zero-order valence-electron chi connectivity index (χ0n) is 12.8. The van der Waals surface area contributed by atoms with Gasteiger partial charge in [-0.15, -0.1) is 0 Å². The maximum atomic E-state index is 6.24. The highest BCUT2D eigenvalue weighted by Gasteiger charge is 2.15. The fourth-order valence-corrected chi connectivity index (χ4v) is 3.99. The second-order valence-corrected chi connectivity index (χ2v) is 6.78. The summed E-state index contributed by atoms with van der Waals surface area (Å²) in [5, 5.41) is 4.75. The van der Waals surface area contributed by atoms with Gasteiger partial charge in [0.1, 0.15) is 11.2 Å². The zero-order chi connectivity index (χ0) is 16.1. The summed E-state index contributed by atoms with van der Waals surface area (Å²) in [6.07, 6.45) is 0. The van der Waals surface area contributed by atoms with Gasteiger partial charge in [0.25, 0.3) is 0 Å². The molecule has 1 heterocycles. The number of benzene rings is 4. The number of hydrogen-bond donors (Lipinski definition) is 0. The lowest BCUT2D eigenvalue weighted by atomic mass is 9.97. The van der Waals surface area contributed by atoms with Gasteiger partial charge < -0.3 is 4.42 Å². The van der Waals surface area contributed by atoms with Crippen LogP contribution in [0.5, 0.6) is 0 Å². The first-order valence-corrected chi connectivity index (χ1v) is 8.70. The Labute approximate surface area is 147 Å². The van der Waals surface area contributed by atoms with Gasteiger partial charge in [-0.25, -0.2) is 0 Å². The van der Waals surface area contributed by atoms with Gasteiger partial charge in [0, 0.05) is 20.8 Å². The molecule has 2 heteroatoms. The van der Waals surface area contributed by atoms with Gasteiger partial charge in [-0.1, -0.05) is 76.6 Å². The highest BCUT2D eigenvalue weighted by Crippen LogP contribution is 2.41. The van der Waals surface area contributed by atoms with E-state index in [1.807, 2.05) is 18.2 Å². The number of hydrogen-bond acceptors (Lipinski definition) is 1. The van der Waals surface area contributed by atoms with Crippen LogP contribution < -0.4 is 0 Å². The second kappa shape index (κ2) is 5.22. The lowest BCUT2D eigenvalue weighted by Gasteiger charge is -2.08. The van der Waals surface area contributed by atoms with E-state index in [9.17, 15) is 0 Å². The van der Waals surface area contributed by atoms with Crippen molar-refractivity contribution < 1.29 is 4.42 Å². The number of furan rings is 1. The maximum Gasteiger partial charge on any atom is 0.144 e. The Balaban J connectivity index is 1.95. The van der Waals surface area contributed by atoms with Crippen molar-refractivity contribution in [3.8, 4) is 11.1 Å². The van der Waals surface area contributed by atoms with E-state index < -0.39 is 0 Å². The van der Waals surface area contributed by atoms with Crippen LogP contribution in [0.3, 0.4) is 0 Å². The molecule has 4 aromatic carbocycles. The molecule has 0 radical (unpaired) electrons. The lowest BCUT2D eigenvalue weighted by molar-refractivity contribution is 0.670. The first-order chi connectivity index (χ1) is 11.8. The lowest BCUT2D eigenvalue weighted by Crippen LogP contribution is -1.83. The molecule has 114 valence electrons. The molecule has 0 bridgehead atoms. The number of fused-ring (bicyclic) bond motifs is 4. The average molecular weight is 373 g/mol. The summed E-state index contributed by atoms with van der Waals surface area (Å²) in [4.78, 5) is 0. The van der Waals surface area contributed by atoms with Gasteiger partial charge in [-0.05, 0) is 34.5 Å². The number of halogens is 1. The van der Waals surface area contributed by atoms with Crippen molar-refractivity contribution >= 4 is 48.6 Å². The van der Waals surface area contributed by atoms with Crippen LogP contribution in [0, 0.1) is 0 Å². The van der Waals surface area contributed by atoms with Crippen LogP contribution in [0.25, 0.3) is 43.8 Å². The van der Waals surface area contributed by atoms with E-state index >= 15 is 0 Å². The van der Waals surface area contributed by atoms with Crippen LogP contribution in [0.15, 0.2) is 87.8 Å².